The lowest BCUT2D eigenvalue weighted by Gasteiger charge is -2.31. The van der Waals surface area contributed by atoms with Crippen LogP contribution in [0.1, 0.15) is 33.1 Å². The van der Waals surface area contributed by atoms with E-state index in [2.05, 4.69) is 13.8 Å². The highest BCUT2D eigenvalue weighted by Crippen LogP contribution is 2.36. The van der Waals surface area contributed by atoms with Crippen molar-refractivity contribution in [1.29, 1.82) is 0 Å². The van der Waals surface area contributed by atoms with E-state index in [1.807, 2.05) is 0 Å². The summed E-state index contributed by atoms with van der Waals surface area (Å²) in [7, 11) is -3.55. The van der Waals surface area contributed by atoms with Crippen LogP contribution >= 0.6 is 0 Å². The minimum Gasteiger partial charge on any atom is -0.398 e. The van der Waals surface area contributed by atoms with Gasteiger partial charge in [0.15, 0.2) is 9.84 Å². The van der Waals surface area contributed by atoms with Crippen molar-refractivity contribution < 1.29 is 12.8 Å². The van der Waals surface area contributed by atoms with Crippen molar-refractivity contribution in [2.24, 2.45) is 11.8 Å². The molecule has 0 aliphatic heterocycles. The van der Waals surface area contributed by atoms with E-state index < -0.39 is 20.9 Å². The molecule has 0 heterocycles. The number of halogens is 1. The number of sulfone groups is 1. The Kier molecular flexibility index (Phi) is 3.85. The lowest BCUT2D eigenvalue weighted by atomic mass is 9.83. The highest BCUT2D eigenvalue weighted by molar-refractivity contribution is 7.92. The Bertz CT molecular complexity index is 561. The third kappa shape index (κ3) is 2.91. The first-order valence-corrected chi connectivity index (χ1v) is 8.14. The predicted molar refractivity (Wildman–Crippen MR) is 74.0 cm³/mol. The highest BCUT2D eigenvalue weighted by Gasteiger charge is 2.35. The van der Waals surface area contributed by atoms with E-state index in [1.54, 1.807) is 0 Å². The predicted octanol–water partition coefficient (Wildman–Crippen LogP) is 3.01. The van der Waals surface area contributed by atoms with Gasteiger partial charge in [0.2, 0.25) is 0 Å². The van der Waals surface area contributed by atoms with Gasteiger partial charge in [0, 0.05) is 0 Å². The summed E-state index contributed by atoms with van der Waals surface area (Å²) in [5.41, 5.74) is 5.84. The van der Waals surface area contributed by atoms with Gasteiger partial charge in [-0.15, -0.1) is 0 Å². The van der Waals surface area contributed by atoms with E-state index in [9.17, 15) is 12.8 Å². The Labute approximate surface area is 113 Å². The van der Waals surface area contributed by atoms with Crippen LogP contribution in [0.5, 0.6) is 0 Å². The molecule has 2 atom stereocenters. The summed E-state index contributed by atoms with van der Waals surface area (Å²) in [6, 6.07) is 3.53. The average molecular weight is 285 g/mol. The molecule has 106 valence electrons. The van der Waals surface area contributed by atoms with Gasteiger partial charge in [0.05, 0.1) is 15.8 Å². The summed E-state index contributed by atoms with van der Waals surface area (Å²) >= 11 is 0. The van der Waals surface area contributed by atoms with E-state index in [0.29, 0.717) is 24.7 Å². The molecule has 2 N–H and O–H groups in total. The van der Waals surface area contributed by atoms with Gasteiger partial charge in [-0.2, -0.15) is 0 Å². The van der Waals surface area contributed by atoms with Crippen LogP contribution in [0.4, 0.5) is 10.1 Å². The first-order chi connectivity index (χ1) is 8.80. The van der Waals surface area contributed by atoms with Gasteiger partial charge < -0.3 is 5.73 Å². The quantitative estimate of drug-likeness (QED) is 0.850. The van der Waals surface area contributed by atoms with Crippen LogP contribution in [-0.2, 0) is 9.84 Å². The maximum atomic E-state index is 13.3. The van der Waals surface area contributed by atoms with Crippen molar-refractivity contribution in [3.05, 3.63) is 24.0 Å². The van der Waals surface area contributed by atoms with Gasteiger partial charge in [-0.1, -0.05) is 13.8 Å². The molecule has 0 aromatic heterocycles. The lowest BCUT2D eigenvalue weighted by Crippen LogP contribution is -2.31. The molecular weight excluding hydrogens is 265 g/mol. The monoisotopic (exact) mass is 285 g/mol. The molecule has 0 saturated heterocycles. The summed E-state index contributed by atoms with van der Waals surface area (Å²) in [4.78, 5) is -0.0567. The zero-order valence-corrected chi connectivity index (χ0v) is 12.1. The second-order valence-corrected chi connectivity index (χ2v) is 7.96. The summed E-state index contributed by atoms with van der Waals surface area (Å²) in [5, 5.41) is -0.449. The van der Waals surface area contributed by atoms with Gasteiger partial charge >= 0.3 is 0 Å². The Morgan fingerprint density at radius 2 is 1.74 bits per heavy atom. The van der Waals surface area contributed by atoms with Crippen molar-refractivity contribution in [1.82, 2.24) is 0 Å². The van der Waals surface area contributed by atoms with Crippen molar-refractivity contribution >= 4 is 15.5 Å². The molecule has 2 unspecified atom stereocenters. The standard InChI is InChI=1S/C14H20FNO2S/c1-9-5-10(2)7-12(6-9)19(17,18)14-8-11(15)3-4-13(14)16/h3-4,8-10,12H,5-7,16H2,1-2H3. The number of rotatable bonds is 2. The first-order valence-electron chi connectivity index (χ1n) is 6.59. The lowest BCUT2D eigenvalue weighted by molar-refractivity contribution is 0.301. The van der Waals surface area contributed by atoms with Crippen molar-refractivity contribution in [3.63, 3.8) is 0 Å². The molecule has 0 spiro atoms. The second kappa shape index (κ2) is 5.12. The smallest absolute Gasteiger partial charge is 0.183 e. The van der Waals surface area contributed by atoms with E-state index in [-0.39, 0.29) is 10.6 Å². The van der Waals surface area contributed by atoms with Crippen LogP contribution in [0.3, 0.4) is 0 Å². The average Bonchev–Trinajstić information content (AvgIpc) is 2.31. The van der Waals surface area contributed by atoms with Crippen LogP contribution in [-0.4, -0.2) is 13.7 Å². The molecule has 0 bridgehead atoms. The van der Waals surface area contributed by atoms with Crippen LogP contribution in [0, 0.1) is 17.7 Å². The van der Waals surface area contributed by atoms with E-state index in [0.717, 1.165) is 12.5 Å². The Morgan fingerprint density at radius 1 is 1.16 bits per heavy atom. The fourth-order valence-corrected chi connectivity index (χ4v) is 5.26. The third-order valence-electron chi connectivity index (χ3n) is 3.86. The minimum atomic E-state index is -3.55. The molecule has 5 heteroatoms. The minimum absolute atomic E-state index is 0.0567. The molecule has 1 aromatic carbocycles. The number of hydrogen-bond donors (Lipinski definition) is 1. The molecule has 1 aromatic rings. The van der Waals surface area contributed by atoms with E-state index in [1.165, 1.54) is 12.1 Å². The van der Waals surface area contributed by atoms with Crippen molar-refractivity contribution in [2.45, 2.75) is 43.3 Å². The van der Waals surface area contributed by atoms with Crippen LogP contribution in [0.2, 0.25) is 0 Å². The van der Waals surface area contributed by atoms with E-state index >= 15 is 0 Å². The number of hydrogen-bond acceptors (Lipinski definition) is 3. The maximum absolute atomic E-state index is 13.3. The maximum Gasteiger partial charge on any atom is 0.183 e. The Morgan fingerprint density at radius 3 is 2.32 bits per heavy atom. The molecule has 2 rings (SSSR count). The zero-order chi connectivity index (χ0) is 14.2. The van der Waals surface area contributed by atoms with Crippen LogP contribution in [0.25, 0.3) is 0 Å². The SMILES string of the molecule is CC1CC(C)CC(S(=O)(=O)c2cc(F)ccc2N)C1. The summed E-state index contributed by atoms with van der Waals surface area (Å²) in [5.74, 6) is 0.182. The van der Waals surface area contributed by atoms with E-state index in [4.69, 9.17) is 5.73 Å². The largest absolute Gasteiger partial charge is 0.398 e. The topological polar surface area (TPSA) is 60.2 Å². The van der Waals surface area contributed by atoms with Gasteiger partial charge in [0.25, 0.3) is 0 Å². The second-order valence-electron chi connectivity index (χ2n) is 5.77. The zero-order valence-electron chi connectivity index (χ0n) is 11.3. The molecule has 0 radical (unpaired) electrons. The highest BCUT2D eigenvalue weighted by atomic mass is 32.2. The van der Waals surface area contributed by atoms with Gasteiger partial charge in [0.1, 0.15) is 5.82 Å². The fourth-order valence-electron chi connectivity index (χ4n) is 3.06. The summed E-state index contributed by atoms with van der Waals surface area (Å²) < 4.78 is 38.5. The number of nitrogens with two attached hydrogens (primary N) is 1. The molecule has 1 saturated carbocycles. The fraction of sp³-hybridized carbons (Fsp3) is 0.571. The molecule has 1 aliphatic rings. The molecule has 1 aliphatic carbocycles. The molecule has 19 heavy (non-hydrogen) atoms. The Balaban J connectivity index is 2.39. The van der Waals surface area contributed by atoms with Gasteiger partial charge in [-0.25, -0.2) is 12.8 Å². The molecule has 1 fully saturated rings. The van der Waals surface area contributed by atoms with Crippen LogP contribution < -0.4 is 5.73 Å². The normalized spacial score (nSPS) is 28.3. The summed E-state index contributed by atoms with van der Waals surface area (Å²) in [6.07, 6.45) is 2.30. The Hall–Kier alpha value is -1.10. The molecule has 0 amide bonds. The van der Waals surface area contributed by atoms with Crippen LogP contribution in [0.15, 0.2) is 23.1 Å². The summed E-state index contributed by atoms with van der Waals surface area (Å²) in [6.45, 7) is 4.13. The number of anilines is 1. The first kappa shape index (κ1) is 14.3. The molecule has 3 nitrogen and oxygen atoms in total. The van der Waals surface area contributed by atoms with Crippen molar-refractivity contribution in [2.75, 3.05) is 5.73 Å². The third-order valence-corrected chi connectivity index (χ3v) is 6.09. The molecular formula is C14H20FNO2S. The van der Waals surface area contributed by atoms with Gasteiger partial charge in [-0.05, 0) is 49.3 Å². The van der Waals surface area contributed by atoms with Gasteiger partial charge in [-0.3, -0.25) is 0 Å². The number of benzene rings is 1. The van der Waals surface area contributed by atoms with Crippen molar-refractivity contribution in [3.8, 4) is 0 Å². The number of nitrogen functional groups attached to an aromatic ring is 1.